The molecule has 4 rings (SSSR count). The SMILES string of the molecule is CCc1cnn2c(NCc3ccc(OC)nc3)cc(N3CCCC[C@H]3CCO)nc12. The van der Waals surface area contributed by atoms with Gasteiger partial charge in [0.25, 0.3) is 0 Å². The van der Waals surface area contributed by atoms with Gasteiger partial charge in [-0.3, -0.25) is 0 Å². The number of aliphatic hydroxyl groups is 1. The van der Waals surface area contributed by atoms with Crippen molar-refractivity contribution < 1.29 is 9.84 Å². The summed E-state index contributed by atoms with van der Waals surface area (Å²) in [5, 5.41) is 17.6. The van der Waals surface area contributed by atoms with E-state index < -0.39 is 0 Å². The molecule has 1 saturated heterocycles. The summed E-state index contributed by atoms with van der Waals surface area (Å²) in [6, 6.07) is 6.26. The maximum atomic E-state index is 9.52. The van der Waals surface area contributed by atoms with Crippen LogP contribution < -0.4 is 15.0 Å². The minimum absolute atomic E-state index is 0.200. The van der Waals surface area contributed by atoms with Gasteiger partial charge in [-0.1, -0.05) is 13.0 Å². The van der Waals surface area contributed by atoms with Crippen molar-refractivity contribution in [1.82, 2.24) is 19.6 Å². The lowest BCUT2D eigenvalue weighted by atomic mass is 9.99. The molecule has 0 saturated carbocycles. The second-order valence-corrected chi connectivity index (χ2v) is 7.68. The number of piperidine rings is 1. The molecule has 8 nitrogen and oxygen atoms in total. The summed E-state index contributed by atoms with van der Waals surface area (Å²) in [5.41, 5.74) is 3.07. The van der Waals surface area contributed by atoms with Gasteiger partial charge in [-0.25, -0.2) is 9.97 Å². The van der Waals surface area contributed by atoms with Crippen LogP contribution in [-0.4, -0.2) is 51.0 Å². The van der Waals surface area contributed by atoms with E-state index in [-0.39, 0.29) is 6.61 Å². The van der Waals surface area contributed by atoms with E-state index in [9.17, 15) is 5.11 Å². The van der Waals surface area contributed by atoms with Crippen LogP contribution in [0.3, 0.4) is 0 Å². The minimum Gasteiger partial charge on any atom is -0.481 e. The van der Waals surface area contributed by atoms with Gasteiger partial charge >= 0.3 is 0 Å². The van der Waals surface area contributed by atoms with Crippen LogP contribution in [0.15, 0.2) is 30.6 Å². The maximum absolute atomic E-state index is 9.52. The zero-order chi connectivity index (χ0) is 20.9. The monoisotopic (exact) mass is 410 g/mol. The van der Waals surface area contributed by atoms with E-state index in [0.717, 1.165) is 60.6 Å². The molecule has 8 heteroatoms. The summed E-state index contributed by atoms with van der Waals surface area (Å²) in [7, 11) is 1.61. The molecule has 1 atom stereocenters. The number of aromatic nitrogens is 4. The summed E-state index contributed by atoms with van der Waals surface area (Å²) in [4.78, 5) is 11.6. The zero-order valence-electron chi connectivity index (χ0n) is 17.7. The third-order valence-corrected chi connectivity index (χ3v) is 5.78. The van der Waals surface area contributed by atoms with Gasteiger partial charge in [-0.05, 0) is 37.7 Å². The molecule has 1 aliphatic rings. The van der Waals surface area contributed by atoms with Gasteiger partial charge in [0.1, 0.15) is 11.6 Å². The van der Waals surface area contributed by atoms with Gasteiger partial charge in [-0.2, -0.15) is 9.61 Å². The van der Waals surface area contributed by atoms with Gasteiger partial charge < -0.3 is 20.1 Å². The van der Waals surface area contributed by atoms with Crippen molar-refractivity contribution in [2.75, 3.05) is 30.5 Å². The summed E-state index contributed by atoms with van der Waals surface area (Å²) in [5.74, 6) is 2.46. The lowest BCUT2D eigenvalue weighted by Crippen LogP contribution is -2.40. The number of aliphatic hydroxyl groups excluding tert-OH is 1. The van der Waals surface area contributed by atoms with E-state index in [1.165, 1.54) is 6.42 Å². The highest BCUT2D eigenvalue weighted by atomic mass is 16.5. The first-order chi connectivity index (χ1) is 14.7. The van der Waals surface area contributed by atoms with Crippen LogP contribution in [-0.2, 0) is 13.0 Å². The van der Waals surface area contributed by atoms with E-state index >= 15 is 0 Å². The molecular weight excluding hydrogens is 380 g/mol. The first-order valence-electron chi connectivity index (χ1n) is 10.7. The highest BCUT2D eigenvalue weighted by Gasteiger charge is 2.24. The third-order valence-electron chi connectivity index (χ3n) is 5.78. The molecule has 0 unspecified atom stereocenters. The zero-order valence-corrected chi connectivity index (χ0v) is 17.7. The fourth-order valence-corrected chi connectivity index (χ4v) is 4.10. The Morgan fingerprint density at radius 1 is 1.27 bits per heavy atom. The van der Waals surface area contributed by atoms with Crippen molar-refractivity contribution in [3.63, 3.8) is 0 Å². The van der Waals surface area contributed by atoms with Crippen molar-refractivity contribution >= 4 is 17.3 Å². The first kappa shape index (κ1) is 20.4. The molecular formula is C22H30N6O2. The summed E-state index contributed by atoms with van der Waals surface area (Å²) >= 11 is 0. The number of methoxy groups -OCH3 is 1. The Balaban J connectivity index is 1.66. The highest BCUT2D eigenvalue weighted by Crippen LogP contribution is 2.29. The smallest absolute Gasteiger partial charge is 0.212 e. The fourth-order valence-electron chi connectivity index (χ4n) is 4.10. The molecule has 0 bridgehead atoms. The van der Waals surface area contributed by atoms with Gasteiger partial charge in [0.2, 0.25) is 5.88 Å². The number of nitrogens with one attached hydrogen (secondary N) is 1. The predicted octanol–water partition coefficient (Wildman–Crippen LogP) is 3.05. The van der Waals surface area contributed by atoms with Gasteiger partial charge in [0.15, 0.2) is 5.65 Å². The molecule has 1 aliphatic heterocycles. The average Bonchev–Trinajstić information content (AvgIpc) is 3.21. The van der Waals surface area contributed by atoms with E-state index in [1.807, 2.05) is 29.0 Å². The van der Waals surface area contributed by atoms with E-state index in [2.05, 4.69) is 33.3 Å². The number of hydrogen-bond donors (Lipinski definition) is 2. The molecule has 2 N–H and O–H groups in total. The van der Waals surface area contributed by atoms with Crippen LogP contribution in [0, 0.1) is 0 Å². The Hall–Kier alpha value is -2.87. The molecule has 0 spiro atoms. The quantitative estimate of drug-likeness (QED) is 0.590. The average molecular weight is 411 g/mol. The summed E-state index contributed by atoms with van der Waals surface area (Å²) < 4.78 is 7.02. The maximum Gasteiger partial charge on any atom is 0.212 e. The Kier molecular flexibility index (Phi) is 6.32. The number of rotatable bonds is 8. The standard InChI is InChI=1S/C22H30N6O2/c1-3-17-15-25-28-19(23-13-16-7-8-21(30-2)24-14-16)12-20(26-22(17)28)27-10-5-4-6-18(27)9-11-29/h7-8,12,14-15,18,23,29H,3-6,9-11,13H2,1-2H3/t18-/m0/s1. The van der Waals surface area contributed by atoms with E-state index in [4.69, 9.17) is 9.72 Å². The van der Waals surface area contributed by atoms with Crippen molar-refractivity contribution in [1.29, 1.82) is 0 Å². The second kappa shape index (κ2) is 9.30. The molecule has 0 aliphatic carbocycles. The van der Waals surface area contributed by atoms with Crippen molar-refractivity contribution in [2.24, 2.45) is 0 Å². The van der Waals surface area contributed by atoms with Crippen LogP contribution in [0.1, 0.15) is 43.7 Å². The Labute approximate surface area is 176 Å². The number of pyridine rings is 1. The van der Waals surface area contributed by atoms with Crippen molar-refractivity contribution in [3.8, 4) is 5.88 Å². The summed E-state index contributed by atoms with van der Waals surface area (Å²) in [6.45, 7) is 3.91. The number of hydrogen-bond acceptors (Lipinski definition) is 7. The lowest BCUT2D eigenvalue weighted by molar-refractivity contribution is 0.262. The van der Waals surface area contributed by atoms with Crippen LogP contribution in [0.25, 0.3) is 5.65 Å². The molecule has 1 fully saturated rings. The van der Waals surface area contributed by atoms with E-state index in [0.29, 0.717) is 18.5 Å². The molecule has 0 aromatic carbocycles. The van der Waals surface area contributed by atoms with Crippen molar-refractivity contribution in [3.05, 3.63) is 41.7 Å². The van der Waals surface area contributed by atoms with Crippen LogP contribution in [0.5, 0.6) is 5.88 Å². The molecule has 3 aromatic rings. The van der Waals surface area contributed by atoms with Gasteiger partial charge in [0, 0.05) is 49.6 Å². The number of anilines is 2. The largest absolute Gasteiger partial charge is 0.481 e. The Morgan fingerprint density at radius 3 is 2.90 bits per heavy atom. The lowest BCUT2D eigenvalue weighted by Gasteiger charge is -2.36. The van der Waals surface area contributed by atoms with Crippen LogP contribution in [0.4, 0.5) is 11.6 Å². The number of ether oxygens (including phenoxy) is 1. The van der Waals surface area contributed by atoms with Crippen molar-refractivity contribution in [2.45, 2.75) is 51.6 Å². The molecule has 4 heterocycles. The predicted molar refractivity (Wildman–Crippen MR) is 117 cm³/mol. The first-order valence-corrected chi connectivity index (χ1v) is 10.7. The molecule has 0 radical (unpaired) electrons. The van der Waals surface area contributed by atoms with Gasteiger partial charge in [-0.15, -0.1) is 0 Å². The van der Waals surface area contributed by atoms with Gasteiger partial charge in [0.05, 0.1) is 13.3 Å². The third kappa shape index (κ3) is 4.18. The molecule has 160 valence electrons. The number of fused-ring (bicyclic) bond motifs is 1. The summed E-state index contributed by atoms with van der Waals surface area (Å²) in [6.07, 6.45) is 8.80. The normalized spacial score (nSPS) is 16.8. The van der Waals surface area contributed by atoms with Crippen LogP contribution in [0.2, 0.25) is 0 Å². The fraction of sp³-hybridized carbons (Fsp3) is 0.500. The molecule has 3 aromatic heterocycles. The second-order valence-electron chi connectivity index (χ2n) is 7.68. The van der Waals surface area contributed by atoms with E-state index in [1.54, 1.807) is 7.11 Å². The molecule has 0 amide bonds. The number of aryl methyl sites for hydroxylation is 1. The highest BCUT2D eigenvalue weighted by molar-refractivity contribution is 5.61. The Morgan fingerprint density at radius 2 is 2.17 bits per heavy atom. The number of nitrogens with zero attached hydrogens (tertiary/aromatic N) is 5. The molecule has 30 heavy (non-hydrogen) atoms. The topological polar surface area (TPSA) is 87.8 Å². The Bertz CT molecular complexity index is 970. The van der Waals surface area contributed by atoms with Crippen LogP contribution >= 0.6 is 0 Å². The minimum atomic E-state index is 0.200.